The Kier molecular flexibility index (Phi) is 13.2. The Morgan fingerprint density at radius 2 is 1.57 bits per heavy atom. The molecule has 248 valence electrons. The third kappa shape index (κ3) is 10.9. The molecule has 10 heteroatoms. The second-order valence-electron chi connectivity index (χ2n) is 11.7. The second-order valence-corrected chi connectivity index (χ2v) is 11.7. The van der Waals surface area contributed by atoms with Crippen molar-refractivity contribution in [3.63, 3.8) is 0 Å². The molecule has 3 aromatic rings. The van der Waals surface area contributed by atoms with Gasteiger partial charge in [0, 0.05) is 18.8 Å². The van der Waals surface area contributed by atoms with E-state index in [1.165, 1.54) is 5.56 Å². The van der Waals surface area contributed by atoms with Gasteiger partial charge in [-0.05, 0) is 61.4 Å². The quantitative estimate of drug-likeness (QED) is 0.164. The molecular formula is C37H44N4O6. The van der Waals surface area contributed by atoms with Crippen molar-refractivity contribution in [3.8, 4) is 0 Å². The molecule has 1 fully saturated rings. The lowest BCUT2D eigenvalue weighted by molar-refractivity contribution is -0.144. The summed E-state index contributed by atoms with van der Waals surface area (Å²) in [5.74, 6) is -1.15. The number of hydrogen-bond acceptors (Lipinski definition) is 8. The molecule has 3 atom stereocenters. The van der Waals surface area contributed by atoms with Crippen molar-refractivity contribution in [1.29, 1.82) is 5.41 Å². The summed E-state index contributed by atoms with van der Waals surface area (Å²) in [4.78, 5) is 52.8. The minimum absolute atomic E-state index is 0.142. The number of esters is 2. The molecule has 1 saturated heterocycles. The highest BCUT2D eigenvalue weighted by Crippen LogP contribution is 2.32. The van der Waals surface area contributed by atoms with Gasteiger partial charge in [-0.15, -0.1) is 0 Å². The lowest BCUT2D eigenvalue weighted by atomic mass is 9.84. The van der Waals surface area contributed by atoms with Gasteiger partial charge in [-0.1, -0.05) is 84.9 Å². The number of benzene rings is 3. The highest BCUT2D eigenvalue weighted by Gasteiger charge is 2.35. The standard InChI is InChI=1S/C37H44N4O6/c1-3-46-34(42)19-21-41-20-18-31(29-12-8-5-9-13-29)22-33(41)37(45)40-26(2)36(44)39-24-27-14-16-30(17-15-27)32(38)23-35(43)47-25-28-10-6-4-7-11-28/h4-17,26,31,33,38H,3,18-25H2,1-2H3,(H,39,44)(H,40,45)/t26-,31-,33+/m0/s1. The molecule has 47 heavy (non-hydrogen) atoms. The maximum Gasteiger partial charge on any atom is 0.312 e. The molecule has 1 aliphatic heterocycles. The van der Waals surface area contributed by atoms with Gasteiger partial charge in [0.1, 0.15) is 12.6 Å². The molecule has 3 aromatic carbocycles. The summed E-state index contributed by atoms with van der Waals surface area (Å²) in [7, 11) is 0. The monoisotopic (exact) mass is 640 g/mol. The third-order valence-corrected chi connectivity index (χ3v) is 8.28. The molecule has 0 aliphatic carbocycles. The van der Waals surface area contributed by atoms with Crippen LogP contribution in [0.1, 0.15) is 67.7 Å². The van der Waals surface area contributed by atoms with E-state index < -0.39 is 18.1 Å². The molecule has 0 unspecified atom stereocenters. The molecule has 10 nitrogen and oxygen atoms in total. The van der Waals surface area contributed by atoms with E-state index in [1.807, 2.05) is 53.4 Å². The minimum Gasteiger partial charge on any atom is -0.466 e. The van der Waals surface area contributed by atoms with E-state index in [-0.39, 0.29) is 55.4 Å². The van der Waals surface area contributed by atoms with E-state index >= 15 is 0 Å². The first-order valence-corrected chi connectivity index (χ1v) is 16.1. The fourth-order valence-corrected chi connectivity index (χ4v) is 5.63. The first-order valence-electron chi connectivity index (χ1n) is 16.1. The molecule has 3 N–H and O–H groups in total. The fraction of sp³-hybridized carbons (Fsp3) is 0.378. The zero-order valence-electron chi connectivity index (χ0n) is 27.1. The molecular weight excluding hydrogens is 596 g/mol. The van der Waals surface area contributed by atoms with Crippen molar-refractivity contribution in [2.45, 2.75) is 70.7 Å². The molecule has 0 spiro atoms. The molecule has 4 rings (SSSR count). The second kappa shape index (κ2) is 17.8. The Hall–Kier alpha value is -4.83. The lowest BCUT2D eigenvalue weighted by Gasteiger charge is -2.39. The Bertz CT molecular complexity index is 1500. The van der Waals surface area contributed by atoms with E-state index in [9.17, 15) is 19.2 Å². The average molecular weight is 641 g/mol. The van der Waals surface area contributed by atoms with E-state index in [4.69, 9.17) is 14.9 Å². The third-order valence-electron chi connectivity index (χ3n) is 8.28. The highest BCUT2D eigenvalue weighted by atomic mass is 16.5. The summed E-state index contributed by atoms with van der Waals surface area (Å²) in [5, 5.41) is 14.0. The fourth-order valence-electron chi connectivity index (χ4n) is 5.63. The Morgan fingerprint density at radius 3 is 2.26 bits per heavy atom. The largest absolute Gasteiger partial charge is 0.466 e. The van der Waals surface area contributed by atoms with Gasteiger partial charge < -0.3 is 25.5 Å². The van der Waals surface area contributed by atoms with Crippen LogP contribution in [0.4, 0.5) is 0 Å². The normalized spacial score (nSPS) is 16.8. The minimum atomic E-state index is -0.777. The van der Waals surface area contributed by atoms with Crippen LogP contribution in [0, 0.1) is 5.41 Å². The number of nitrogens with one attached hydrogen (secondary N) is 3. The van der Waals surface area contributed by atoms with E-state index in [0.717, 1.165) is 17.5 Å². The number of ether oxygens (including phenoxy) is 2. The van der Waals surface area contributed by atoms with Crippen LogP contribution in [0.25, 0.3) is 0 Å². The van der Waals surface area contributed by atoms with Crippen LogP contribution in [0.5, 0.6) is 0 Å². The molecule has 1 aliphatic rings. The number of carbonyl (C=O) groups is 4. The smallest absolute Gasteiger partial charge is 0.312 e. The molecule has 2 amide bonds. The number of rotatable bonds is 15. The summed E-state index contributed by atoms with van der Waals surface area (Å²) < 4.78 is 10.4. The van der Waals surface area contributed by atoms with Crippen LogP contribution < -0.4 is 10.6 Å². The summed E-state index contributed by atoms with van der Waals surface area (Å²) in [6, 6.07) is 25.2. The molecule has 0 bridgehead atoms. The summed E-state index contributed by atoms with van der Waals surface area (Å²) in [6.45, 7) is 5.17. The lowest BCUT2D eigenvalue weighted by Crippen LogP contribution is -2.55. The van der Waals surface area contributed by atoms with Gasteiger partial charge in [-0.2, -0.15) is 0 Å². The van der Waals surface area contributed by atoms with Crippen molar-refractivity contribution in [2.75, 3.05) is 19.7 Å². The SMILES string of the molecule is CCOC(=O)CCN1CC[C@H](c2ccccc2)C[C@@H]1C(=O)N[C@@H](C)C(=O)NCc1ccc(C(=N)CC(=O)OCc2ccccc2)cc1. The highest BCUT2D eigenvalue weighted by molar-refractivity contribution is 6.07. The average Bonchev–Trinajstić information content (AvgIpc) is 3.09. The first-order chi connectivity index (χ1) is 22.7. The Morgan fingerprint density at radius 1 is 0.894 bits per heavy atom. The van der Waals surface area contributed by atoms with Crippen LogP contribution in [0.3, 0.4) is 0 Å². The number of carbonyl (C=O) groups excluding carboxylic acids is 4. The van der Waals surface area contributed by atoms with Crippen LogP contribution in [0.15, 0.2) is 84.9 Å². The van der Waals surface area contributed by atoms with Crippen LogP contribution >= 0.6 is 0 Å². The number of nitrogens with zero attached hydrogens (tertiary/aromatic N) is 1. The Balaban J connectivity index is 1.26. The van der Waals surface area contributed by atoms with Crippen molar-refractivity contribution < 1.29 is 28.7 Å². The summed E-state index contributed by atoms with van der Waals surface area (Å²) >= 11 is 0. The zero-order chi connectivity index (χ0) is 33.6. The van der Waals surface area contributed by atoms with Gasteiger partial charge in [0.25, 0.3) is 0 Å². The van der Waals surface area contributed by atoms with Crippen LogP contribution in [-0.4, -0.2) is 66.1 Å². The summed E-state index contributed by atoms with van der Waals surface area (Å²) in [6.07, 6.45) is 1.50. The van der Waals surface area contributed by atoms with Crippen molar-refractivity contribution in [1.82, 2.24) is 15.5 Å². The van der Waals surface area contributed by atoms with Crippen LogP contribution in [0.2, 0.25) is 0 Å². The number of likely N-dealkylation sites (tertiary alicyclic amines) is 1. The van der Waals surface area contributed by atoms with Gasteiger partial charge in [0.05, 0.1) is 25.5 Å². The van der Waals surface area contributed by atoms with Gasteiger partial charge in [-0.25, -0.2) is 0 Å². The topological polar surface area (TPSA) is 138 Å². The van der Waals surface area contributed by atoms with Crippen LogP contribution in [-0.2, 0) is 41.8 Å². The molecule has 0 saturated carbocycles. The van der Waals surface area contributed by atoms with E-state index in [1.54, 1.807) is 38.1 Å². The van der Waals surface area contributed by atoms with Gasteiger partial charge in [-0.3, -0.25) is 24.1 Å². The van der Waals surface area contributed by atoms with Gasteiger partial charge >= 0.3 is 11.9 Å². The maximum atomic E-state index is 13.5. The van der Waals surface area contributed by atoms with Gasteiger partial charge in [0.2, 0.25) is 11.8 Å². The van der Waals surface area contributed by atoms with Crippen molar-refractivity contribution >= 4 is 29.5 Å². The van der Waals surface area contributed by atoms with Crippen molar-refractivity contribution in [3.05, 3.63) is 107 Å². The van der Waals surface area contributed by atoms with E-state index in [0.29, 0.717) is 31.7 Å². The molecule has 0 radical (unpaired) electrons. The molecule has 0 aromatic heterocycles. The number of piperidine rings is 1. The number of hydrogen-bond donors (Lipinski definition) is 3. The predicted octanol–water partition coefficient (Wildman–Crippen LogP) is 4.51. The maximum absolute atomic E-state index is 13.5. The van der Waals surface area contributed by atoms with Gasteiger partial charge in [0.15, 0.2) is 0 Å². The molecule has 1 heterocycles. The van der Waals surface area contributed by atoms with E-state index in [2.05, 4.69) is 22.8 Å². The predicted molar refractivity (Wildman–Crippen MR) is 179 cm³/mol. The van der Waals surface area contributed by atoms with Crippen molar-refractivity contribution in [2.24, 2.45) is 0 Å². The summed E-state index contributed by atoms with van der Waals surface area (Å²) in [5.41, 5.74) is 3.59. The number of amides is 2. The Labute approximate surface area is 276 Å². The first kappa shape index (κ1) is 35.0. The zero-order valence-corrected chi connectivity index (χ0v) is 27.1.